The zero-order valence-electron chi connectivity index (χ0n) is 14.1. The Bertz CT molecular complexity index is 1080. The molecule has 0 unspecified atom stereocenters. The average molecular weight is 373 g/mol. The van der Waals surface area contributed by atoms with Crippen molar-refractivity contribution in [3.63, 3.8) is 0 Å². The fraction of sp³-hybridized carbons (Fsp3) is 0.211. The van der Waals surface area contributed by atoms with E-state index in [9.17, 15) is 14.4 Å². The molecular weight excluding hydrogens is 356 g/mol. The first-order valence-electron chi connectivity index (χ1n) is 8.13. The van der Waals surface area contributed by atoms with Gasteiger partial charge in [0.2, 0.25) is 0 Å². The number of aromatic amines is 1. The second kappa shape index (κ2) is 7.58. The summed E-state index contributed by atoms with van der Waals surface area (Å²) in [6, 6.07) is 12.2. The lowest BCUT2D eigenvalue weighted by atomic mass is 10.1. The number of carbonyl (C=O) groups excluding carboxylic acids is 1. The molecule has 2 aromatic carbocycles. The van der Waals surface area contributed by atoms with Crippen LogP contribution in [0.4, 0.5) is 0 Å². The van der Waals surface area contributed by atoms with Crippen molar-refractivity contribution in [2.45, 2.75) is 19.8 Å². The summed E-state index contributed by atoms with van der Waals surface area (Å²) in [5, 5.41) is 0.822. The van der Waals surface area contributed by atoms with Gasteiger partial charge in [0.1, 0.15) is 0 Å². The van der Waals surface area contributed by atoms with E-state index >= 15 is 0 Å². The largest absolute Gasteiger partial charge is 0.466 e. The molecular formula is C19H17ClN2O4. The van der Waals surface area contributed by atoms with E-state index in [1.807, 2.05) is 18.2 Å². The van der Waals surface area contributed by atoms with Gasteiger partial charge in [-0.3, -0.25) is 19.1 Å². The van der Waals surface area contributed by atoms with Crippen molar-refractivity contribution in [2.75, 3.05) is 6.61 Å². The number of carbonyl (C=O) groups is 1. The number of nitrogens with zero attached hydrogens (tertiary/aromatic N) is 1. The fourth-order valence-corrected chi connectivity index (χ4v) is 2.98. The number of halogens is 1. The molecule has 0 spiro atoms. The first-order valence-corrected chi connectivity index (χ1v) is 8.51. The standard InChI is InChI=1S/C19H17ClN2O4/c1-12(23)26-9-3-5-13-4-2-6-15(10-13)22-17-11-14(20)7-8-16(17)18(24)21-19(22)25/h2,4,6-8,10-11H,3,5,9H2,1H3,(H,21,24,25). The molecule has 7 heteroatoms. The minimum absolute atomic E-state index is 0.304. The lowest BCUT2D eigenvalue weighted by molar-refractivity contribution is -0.141. The van der Waals surface area contributed by atoms with Gasteiger partial charge in [-0.1, -0.05) is 23.7 Å². The Balaban J connectivity index is 2.00. The first kappa shape index (κ1) is 17.9. The summed E-state index contributed by atoms with van der Waals surface area (Å²) in [5.74, 6) is -0.304. The van der Waals surface area contributed by atoms with Crippen LogP contribution in [-0.4, -0.2) is 22.1 Å². The monoisotopic (exact) mass is 372 g/mol. The molecule has 0 amide bonds. The third-order valence-electron chi connectivity index (χ3n) is 3.95. The number of fused-ring (bicyclic) bond motifs is 1. The molecule has 134 valence electrons. The van der Waals surface area contributed by atoms with Crippen LogP contribution in [0.15, 0.2) is 52.1 Å². The molecule has 0 aliphatic heterocycles. The SMILES string of the molecule is CC(=O)OCCCc1cccc(-n2c(=O)[nH]c(=O)c3ccc(Cl)cc32)c1. The zero-order chi connectivity index (χ0) is 18.7. The van der Waals surface area contributed by atoms with Crippen LogP contribution in [0.3, 0.4) is 0 Å². The van der Waals surface area contributed by atoms with Crippen LogP contribution < -0.4 is 11.2 Å². The first-order chi connectivity index (χ1) is 12.5. The third kappa shape index (κ3) is 3.86. The number of nitrogens with one attached hydrogen (secondary N) is 1. The summed E-state index contributed by atoms with van der Waals surface area (Å²) in [4.78, 5) is 37.6. The Morgan fingerprint density at radius 2 is 2.00 bits per heavy atom. The van der Waals surface area contributed by atoms with Crippen LogP contribution in [0.2, 0.25) is 5.02 Å². The molecule has 6 nitrogen and oxygen atoms in total. The minimum atomic E-state index is -0.526. The number of H-pyrrole nitrogens is 1. The zero-order valence-corrected chi connectivity index (χ0v) is 14.9. The molecule has 1 heterocycles. The maximum absolute atomic E-state index is 12.4. The number of aryl methyl sites for hydroxylation is 1. The lowest BCUT2D eigenvalue weighted by Crippen LogP contribution is -2.29. The van der Waals surface area contributed by atoms with Gasteiger partial charge in [-0.05, 0) is 48.7 Å². The van der Waals surface area contributed by atoms with E-state index in [0.29, 0.717) is 41.1 Å². The maximum atomic E-state index is 12.4. The Morgan fingerprint density at radius 1 is 1.19 bits per heavy atom. The summed E-state index contributed by atoms with van der Waals surface area (Å²) in [6.45, 7) is 1.72. The second-order valence-electron chi connectivity index (χ2n) is 5.87. The lowest BCUT2D eigenvalue weighted by Gasteiger charge is -2.11. The number of esters is 1. The molecule has 0 radical (unpaired) electrons. The van der Waals surface area contributed by atoms with Gasteiger partial charge in [-0.15, -0.1) is 0 Å². The predicted octanol–water partition coefficient (Wildman–Crippen LogP) is 2.83. The Morgan fingerprint density at radius 3 is 2.77 bits per heavy atom. The van der Waals surface area contributed by atoms with Crippen molar-refractivity contribution >= 4 is 28.5 Å². The molecule has 26 heavy (non-hydrogen) atoms. The van der Waals surface area contributed by atoms with E-state index in [2.05, 4.69) is 4.98 Å². The molecule has 0 fully saturated rings. The van der Waals surface area contributed by atoms with Crippen molar-refractivity contribution < 1.29 is 9.53 Å². The van der Waals surface area contributed by atoms with Crippen LogP contribution in [0.1, 0.15) is 18.9 Å². The van der Waals surface area contributed by atoms with Crippen molar-refractivity contribution in [3.05, 3.63) is 73.9 Å². The second-order valence-corrected chi connectivity index (χ2v) is 6.31. The number of rotatable bonds is 5. The van der Waals surface area contributed by atoms with Gasteiger partial charge in [0, 0.05) is 11.9 Å². The molecule has 3 rings (SSSR count). The fourth-order valence-electron chi connectivity index (χ4n) is 2.81. The Hall–Kier alpha value is -2.86. The molecule has 0 aliphatic carbocycles. The topological polar surface area (TPSA) is 81.2 Å². The van der Waals surface area contributed by atoms with Crippen molar-refractivity contribution in [1.29, 1.82) is 0 Å². The molecule has 1 N–H and O–H groups in total. The smallest absolute Gasteiger partial charge is 0.333 e. The van der Waals surface area contributed by atoms with Crippen molar-refractivity contribution in [3.8, 4) is 5.69 Å². The number of hydrogen-bond acceptors (Lipinski definition) is 4. The van der Waals surface area contributed by atoms with E-state index in [-0.39, 0.29) is 5.97 Å². The van der Waals surface area contributed by atoms with Crippen LogP contribution in [0, 0.1) is 0 Å². The summed E-state index contributed by atoms with van der Waals surface area (Å²) in [6.07, 6.45) is 1.37. The average Bonchev–Trinajstić information content (AvgIpc) is 2.58. The molecule has 0 saturated heterocycles. The van der Waals surface area contributed by atoms with Gasteiger partial charge in [0.05, 0.1) is 23.2 Å². The normalized spacial score (nSPS) is 10.8. The maximum Gasteiger partial charge on any atom is 0.333 e. The highest BCUT2D eigenvalue weighted by molar-refractivity contribution is 6.31. The van der Waals surface area contributed by atoms with Crippen LogP contribution >= 0.6 is 11.6 Å². The van der Waals surface area contributed by atoms with E-state index in [4.69, 9.17) is 16.3 Å². The Kier molecular flexibility index (Phi) is 5.23. The van der Waals surface area contributed by atoms with Gasteiger partial charge in [-0.25, -0.2) is 4.79 Å². The van der Waals surface area contributed by atoms with E-state index in [1.54, 1.807) is 24.3 Å². The van der Waals surface area contributed by atoms with Crippen LogP contribution in [0.25, 0.3) is 16.6 Å². The highest BCUT2D eigenvalue weighted by atomic mass is 35.5. The van der Waals surface area contributed by atoms with Crippen LogP contribution in [0.5, 0.6) is 0 Å². The third-order valence-corrected chi connectivity index (χ3v) is 4.19. The van der Waals surface area contributed by atoms with Crippen LogP contribution in [-0.2, 0) is 16.0 Å². The summed E-state index contributed by atoms with van der Waals surface area (Å²) < 4.78 is 6.36. The molecule has 0 atom stereocenters. The van der Waals surface area contributed by atoms with Gasteiger partial charge < -0.3 is 4.74 Å². The molecule has 3 aromatic rings. The number of ether oxygens (including phenoxy) is 1. The molecule has 0 bridgehead atoms. The predicted molar refractivity (Wildman–Crippen MR) is 100 cm³/mol. The highest BCUT2D eigenvalue weighted by Crippen LogP contribution is 2.19. The summed E-state index contributed by atoms with van der Waals surface area (Å²) >= 11 is 6.06. The van der Waals surface area contributed by atoms with Gasteiger partial charge in [0.15, 0.2) is 0 Å². The van der Waals surface area contributed by atoms with E-state index in [1.165, 1.54) is 11.5 Å². The number of hydrogen-bond donors (Lipinski definition) is 1. The quantitative estimate of drug-likeness (QED) is 0.551. The summed E-state index contributed by atoms with van der Waals surface area (Å²) in [5.41, 5.74) is 1.09. The van der Waals surface area contributed by atoms with Crippen molar-refractivity contribution in [1.82, 2.24) is 9.55 Å². The Labute approximate surface area is 154 Å². The van der Waals surface area contributed by atoms with E-state index in [0.717, 1.165) is 5.56 Å². The molecule has 0 saturated carbocycles. The van der Waals surface area contributed by atoms with Crippen molar-refractivity contribution in [2.24, 2.45) is 0 Å². The van der Waals surface area contributed by atoms with E-state index < -0.39 is 11.2 Å². The van der Waals surface area contributed by atoms with Gasteiger partial charge in [-0.2, -0.15) is 0 Å². The highest BCUT2D eigenvalue weighted by Gasteiger charge is 2.10. The van der Waals surface area contributed by atoms with Gasteiger partial charge in [0.25, 0.3) is 5.56 Å². The van der Waals surface area contributed by atoms with Gasteiger partial charge >= 0.3 is 11.7 Å². The molecule has 0 aliphatic rings. The number of benzene rings is 2. The minimum Gasteiger partial charge on any atom is -0.466 e. The summed E-state index contributed by atoms with van der Waals surface area (Å²) in [7, 11) is 0. The number of aromatic nitrogens is 2. The molecule has 1 aromatic heterocycles.